The second kappa shape index (κ2) is 7.00. The third kappa shape index (κ3) is 4.92. The molecule has 1 atom stereocenters. The quantitative estimate of drug-likeness (QED) is 0.767. The molecule has 0 radical (unpaired) electrons. The van der Waals surface area contributed by atoms with Crippen LogP contribution in [0.2, 0.25) is 0 Å². The zero-order chi connectivity index (χ0) is 11.8. The summed E-state index contributed by atoms with van der Waals surface area (Å²) in [4.78, 5) is 7.60. The summed E-state index contributed by atoms with van der Waals surface area (Å²) in [7, 11) is -2.13. The van der Waals surface area contributed by atoms with Crippen molar-refractivity contribution in [2.75, 3.05) is 6.66 Å². The third-order valence-electron chi connectivity index (χ3n) is 1.88. The van der Waals surface area contributed by atoms with E-state index in [4.69, 9.17) is 4.89 Å². The molecule has 0 spiro atoms. The van der Waals surface area contributed by atoms with Gasteiger partial charge in [0.25, 0.3) is 0 Å². The molecule has 0 aliphatic heterocycles. The van der Waals surface area contributed by atoms with Crippen LogP contribution in [0.5, 0.6) is 0 Å². The molecule has 0 aromatic heterocycles. The Kier molecular flexibility index (Phi) is 5.55. The summed E-state index contributed by atoms with van der Waals surface area (Å²) in [6, 6.07) is 20.8. The van der Waals surface area contributed by atoms with Crippen molar-refractivity contribution in [2.45, 2.75) is 0 Å². The lowest BCUT2D eigenvalue weighted by molar-refractivity contribution is 0.509. The van der Waals surface area contributed by atoms with Gasteiger partial charge in [-0.1, -0.05) is 60.7 Å². The molecule has 1 unspecified atom stereocenters. The van der Waals surface area contributed by atoms with E-state index < -0.39 is 8.03 Å². The zero-order valence-electron chi connectivity index (χ0n) is 9.13. The van der Waals surface area contributed by atoms with E-state index >= 15 is 0 Å². The van der Waals surface area contributed by atoms with Gasteiger partial charge in [-0.25, -0.2) is 0 Å². The van der Waals surface area contributed by atoms with Gasteiger partial charge in [-0.05, 0) is 11.1 Å². The fourth-order valence-electron chi connectivity index (χ4n) is 1.26. The molecule has 0 amide bonds. The lowest BCUT2D eigenvalue weighted by Crippen LogP contribution is -1.73. The van der Waals surface area contributed by atoms with Crippen LogP contribution in [0.1, 0.15) is 0 Å². The fourth-order valence-corrected chi connectivity index (χ4v) is 1.26. The summed E-state index contributed by atoms with van der Waals surface area (Å²) in [5, 5.41) is 0. The highest BCUT2D eigenvalue weighted by atomic mass is 31.1. The van der Waals surface area contributed by atoms with Crippen LogP contribution < -0.4 is 0 Å². The van der Waals surface area contributed by atoms with Crippen molar-refractivity contribution in [3.05, 3.63) is 60.7 Å². The molecular formula is C13H15O2P. The Morgan fingerprint density at radius 1 is 0.812 bits per heavy atom. The van der Waals surface area contributed by atoms with Crippen LogP contribution in [-0.2, 0) is 4.57 Å². The molecule has 0 saturated heterocycles. The van der Waals surface area contributed by atoms with Crippen molar-refractivity contribution >= 4 is 8.03 Å². The van der Waals surface area contributed by atoms with Gasteiger partial charge in [0.05, 0.1) is 0 Å². The van der Waals surface area contributed by atoms with E-state index in [1.807, 2.05) is 12.1 Å². The topological polar surface area (TPSA) is 37.3 Å². The molecule has 0 bridgehead atoms. The molecule has 2 aromatic rings. The highest BCUT2D eigenvalue weighted by Crippen LogP contribution is 2.17. The zero-order valence-corrected chi connectivity index (χ0v) is 10.1. The van der Waals surface area contributed by atoms with E-state index in [9.17, 15) is 4.57 Å². The van der Waals surface area contributed by atoms with Gasteiger partial charge in [0.15, 0.2) is 8.03 Å². The molecule has 2 nitrogen and oxygen atoms in total. The minimum absolute atomic E-state index is 1.27. The summed E-state index contributed by atoms with van der Waals surface area (Å²) in [6.45, 7) is 1.27. The van der Waals surface area contributed by atoms with Crippen molar-refractivity contribution in [1.29, 1.82) is 0 Å². The summed E-state index contributed by atoms with van der Waals surface area (Å²) in [5.41, 5.74) is 2.55. The first-order chi connectivity index (χ1) is 7.70. The summed E-state index contributed by atoms with van der Waals surface area (Å²) < 4.78 is 9.19. The van der Waals surface area contributed by atoms with Crippen LogP contribution in [0.3, 0.4) is 0 Å². The first-order valence-electron chi connectivity index (χ1n) is 5.00. The normalized spacial score (nSPS) is 11.1. The molecule has 2 aromatic carbocycles. The first kappa shape index (κ1) is 12.7. The highest BCUT2D eigenvalue weighted by Gasteiger charge is 1.91. The van der Waals surface area contributed by atoms with E-state index in [0.29, 0.717) is 0 Å². The number of hydrogen-bond donors (Lipinski definition) is 1. The molecule has 1 N–H and O–H groups in total. The molecule has 0 saturated carbocycles. The van der Waals surface area contributed by atoms with E-state index in [1.54, 1.807) is 0 Å². The number of benzene rings is 2. The Labute approximate surface area is 96.4 Å². The Morgan fingerprint density at radius 2 is 1.06 bits per heavy atom. The highest BCUT2D eigenvalue weighted by molar-refractivity contribution is 7.36. The second-order valence-electron chi connectivity index (χ2n) is 3.25. The van der Waals surface area contributed by atoms with Crippen molar-refractivity contribution in [3.8, 4) is 11.1 Å². The standard InChI is InChI=1S/C12H10.CH5O2P/c1-3-7-11(8-4-1)12-9-5-2-6-10-12;1-4(2)3/h1-10H;4H,1H3,(H,2,3). The van der Waals surface area contributed by atoms with Gasteiger partial charge in [0.2, 0.25) is 0 Å². The van der Waals surface area contributed by atoms with Gasteiger partial charge in [-0.2, -0.15) is 0 Å². The summed E-state index contributed by atoms with van der Waals surface area (Å²) in [5.74, 6) is 0. The van der Waals surface area contributed by atoms with Gasteiger partial charge in [0.1, 0.15) is 0 Å². The van der Waals surface area contributed by atoms with Crippen LogP contribution >= 0.6 is 8.03 Å². The third-order valence-corrected chi connectivity index (χ3v) is 1.88. The second-order valence-corrected chi connectivity index (χ2v) is 4.29. The maximum atomic E-state index is 9.19. The van der Waals surface area contributed by atoms with Crippen LogP contribution in [0.15, 0.2) is 60.7 Å². The average molecular weight is 234 g/mol. The maximum Gasteiger partial charge on any atom is 0.186 e. The van der Waals surface area contributed by atoms with E-state index in [-0.39, 0.29) is 0 Å². The number of hydrogen-bond acceptors (Lipinski definition) is 1. The lowest BCUT2D eigenvalue weighted by atomic mass is 10.1. The first-order valence-corrected chi connectivity index (χ1v) is 6.85. The fraction of sp³-hybridized carbons (Fsp3) is 0.0769. The van der Waals surface area contributed by atoms with E-state index in [1.165, 1.54) is 17.8 Å². The van der Waals surface area contributed by atoms with Crippen LogP contribution in [0.4, 0.5) is 0 Å². The molecule has 0 aliphatic rings. The Hall–Kier alpha value is -1.37. The lowest BCUT2D eigenvalue weighted by Gasteiger charge is -1.98. The van der Waals surface area contributed by atoms with Crippen LogP contribution in [0.25, 0.3) is 11.1 Å². The molecular weight excluding hydrogens is 219 g/mol. The van der Waals surface area contributed by atoms with Gasteiger partial charge in [0, 0.05) is 6.66 Å². The van der Waals surface area contributed by atoms with Gasteiger partial charge in [-0.15, -0.1) is 0 Å². The minimum atomic E-state index is -2.13. The summed E-state index contributed by atoms with van der Waals surface area (Å²) >= 11 is 0. The molecule has 0 fully saturated rings. The van der Waals surface area contributed by atoms with Gasteiger partial charge >= 0.3 is 0 Å². The smallest absolute Gasteiger partial charge is 0.186 e. The largest absolute Gasteiger partial charge is 0.346 e. The van der Waals surface area contributed by atoms with Crippen molar-refractivity contribution in [1.82, 2.24) is 0 Å². The van der Waals surface area contributed by atoms with E-state index in [0.717, 1.165) is 0 Å². The minimum Gasteiger partial charge on any atom is -0.346 e. The Bertz CT molecular complexity index is 385. The monoisotopic (exact) mass is 234 g/mol. The van der Waals surface area contributed by atoms with Crippen molar-refractivity contribution < 1.29 is 9.46 Å². The predicted octanol–water partition coefficient (Wildman–Crippen LogP) is 3.44. The Balaban J connectivity index is 0.000000280. The predicted molar refractivity (Wildman–Crippen MR) is 69.0 cm³/mol. The van der Waals surface area contributed by atoms with Crippen molar-refractivity contribution in [2.24, 2.45) is 0 Å². The van der Waals surface area contributed by atoms with E-state index in [2.05, 4.69) is 48.5 Å². The molecule has 0 heterocycles. The molecule has 2 rings (SSSR count). The average Bonchev–Trinajstić information content (AvgIpc) is 2.31. The van der Waals surface area contributed by atoms with Gasteiger partial charge < -0.3 is 4.89 Å². The van der Waals surface area contributed by atoms with Crippen molar-refractivity contribution in [3.63, 3.8) is 0 Å². The molecule has 0 aliphatic carbocycles. The number of rotatable bonds is 1. The molecule has 16 heavy (non-hydrogen) atoms. The van der Waals surface area contributed by atoms with Crippen LogP contribution in [0, 0.1) is 0 Å². The Morgan fingerprint density at radius 3 is 1.31 bits per heavy atom. The maximum absolute atomic E-state index is 9.19. The summed E-state index contributed by atoms with van der Waals surface area (Å²) in [6.07, 6.45) is 0. The molecule has 84 valence electrons. The molecule has 3 heteroatoms. The van der Waals surface area contributed by atoms with Gasteiger partial charge in [-0.3, -0.25) is 4.57 Å². The van der Waals surface area contributed by atoms with Crippen LogP contribution in [-0.4, -0.2) is 11.6 Å². The SMILES string of the molecule is C[PH](=O)O.c1ccc(-c2ccccc2)cc1.